The first-order chi connectivity index (χ1) is 14.5. The fourth-order valence-corrected chi connectivity index (χ4v) is 5.08. The van der Waals surface area contributed by atoms with Gasteiger partial charge in [-0.2, -0.15) is 0 Å². The van der Waals surface area contributed by atoms with E-state index in [1.54, 1.807) is 0 Å². The quantitative estimate of drug-likeness (QED) is 0.656. The Bertz CT molecular complexity index is 1070. The minimum Gasteiger partial charge on any atom is -0.323 e. The highest BCUT2D eigenvalue weighted by atomic mass is 16.1. The fraction of sp³-hybridized carbons (Fsp3) is 0.565. The van der Waals surface area contributed by atoms with Gasteiger partial charge in [0.25, 0.3) is 5.56 Å². The van der Waals surface area contributed by atoms with Crippen LogP contribution in [0.5, 0.6) is 0 Å². The molecule has 0 spiro atoms. The van der Waals surface area contributed by atoms with Crippen LogP contribution >= 0.6 is 0 Å². The number of nitrogens with one attached hydrogen (secondary N) is 2. The Morgan fingerprint density at radius 1 is 1.13 bits per heavy atom. The summed E-state index contributed by atoms with van der Waals surface area (Å²) in [5, 5.41) is 14.0. The van der Waals surface area contributed by atoms with Gasteiger partial charge in [0, 0.05) is 10.9 Å². The zero-order chi connectivity index (χ0) is 21.3. The molecule has 30 heavy (non-hydrogen) atoms. The Balaban J connectivity index is 1.88. The first-order valence-corrected chi connectivity index (χ1v) is 11.3. The number of tetrazole rings is 1. The third-order valence-electron chi connectivity index (χ3n) is 6.67. The molecule has 1 atom stereocenters. The smallest absolute Gasteiger partial charge is 0.258 e. The van der Waals surface area contributed by atoms with E-state index in [4.69, 9.17) is 0 Å². The highest BCUT2D eigenvalue weighted by molar-refractivity contribution is 5.83. The third kappa shape index (κ3) is 3.78. The van der Waals surface area contributed by atoms with Crippen LogP contribution in [0.2, 0.25) is 0 Å². The number of aromatic amines is 1. The number of fused-ring (bicyclic) bond motifs is 1. The molecular formula is C23H33N6O+. The topological polar surface area (TPSA) is 80.9 Å². The van der Waals surface area contributed by atoms with E-state index in [9.17, 15) is 4.79 Å². The number of pyridine rings is 1. The van der Waals surface area contributed by atoms with Crippen molar-refractivity contribution in [2.75, 3.05) is 13.1 Å². The second kappa shape index (κ2) is 8.68. The largest absolute Gasteiger partial charge is 0.323 e. The van der Waals surface area contributed by atoms with Crippen LogP contribution in [0, 0.1) is 13.8 Å². The molecule has 0 amide bonds. The van der Waals surface area contributed by atoms with Gasteiger partial charge in [0.15, 0.2) is 6.04 Å². The summed E-state index contributed by atoms with van der Waals surface area (Å²) in [7, 11) is 0. The average molecular weight is 410 g/mol. The maximum absolute atomic E-state index is 13.3. The Morgan fingerprint density at radius 2 is 1.87 bits per heavy atom. The molecular weight excluding hydrogens is 376 g/mol. The molecule has 160 valence electrons. The van der Waals surface area contributed by atoms with Crippen molar-refractivity contribution < 1.29 is 4.90 Å². The standard InChI is InChI=1S/C23H32N6O/c1-5-28(6-2)21(22-25-26-27-29(22)17-10-8-7-9-11-17)19-14-18-16(4)12-15(3)13-20(18)24-23(19)30/h12-14,17,21H,5-11H2,1-4H3,(H,24,30)/p+1/t21-/m0/s1. The molecule has 4 rings (SSSR count). The first-order valence-electron chi connectivity index (χ1n) is 11.3. The van der Waals surface area contributed by atoms with Crippen molar-refractivity contribution in [3.8, 4) is 0 Å². The Hall–Kier alpha value is -2.54. The predicted molar refractivity (Wildman–Crippen MR) is 118 cm³/mol. The van der Waals surface area contributed by atoms with E-state index in [1.807, 2.05) is 10.7 Å². The van der Waals surface area contributed by atoms with Gasteiger partial charge in [0.05, 0.1) is 24.7 Å². The van der Waals surface area contributed by atoms with Crippen LogP contribution in [0.15, 0.2) is 23.0 Å². The molecule has 0 aliphatic heterocycles. The predicted octanol–water partition coefficient (Wildman–Crippen LogP) is 2.65. The summed E-state index contributed by atoms with van der Waals surface area (Å²) in [4.78, 5) is 17.7. The van der Waals surface area contributed by atoms with Crippen molar-refractivity contribution in [2.24, 2.45) is 0 Å². The minimum absolute atomic E-state index is 0.0462. The number of H-pyrrole nitrogens is 1. The van der Waals surface area contributed by atoms with Gasteiger partial charge in [-0.1, -0.05) is 25.3 Å². The molecule has 7 heteroatoms. The normalized spacial score (nSPS) is 16.4. The third-order valence-corrected chi connectivity index (χ3v) is 6.67. The van der Waals surface area contributed by atoms with Gasteiger partial charge < -0.3 is 9.88 Å². The number of aryl methyl sites for hydroxylation is 2. The molecule has 1 aliphatic carbocycles. The van der Waals surface area contributed by atoms with E-state index in [-0.39, 0.29) is 11.6 Å². The summed E-state index contributed by atoms with van der Waals surface area (Å²) in [5.41, 5.74) is 3.91. The van der Waals surface area contributed by atoms with Crippen LogP contribution in [-0.4, -0.2) is 38.3 Å². The second-order valence-corrected chi connectivity index (χ2v) is 8.67. The number of hydrogen-bond donors (Lipinski definition) is 2. The van der Waals surface area contributed by atoms with Gasteiger partial charge in [-0.3, -0.25) is 4.79 Å². The van der Waals surface area contributed by atoms with E-state index in [2.05, 4.69) is 60.3 Å². The highest BCUT2D eigenvalue weighted by Gasteiger charge is 2.34. The molecule has 2 heterocycles. The van der Waals surface area contributed by atoms with Crippen molar-refractivity contribution in [3.63, 3.8) is 0 Å². The van der Waals surface area contributed by atoms with Gasteiger partial charge in [-0.25, -0.2) is 4.68 Å². The zero-order valence-electron chi connectivity index (χ0n) is 18.5. The van der Waals surface area contributed by atoms with Crippen molar-refractivity contribution >= 4 is 10.9 Å². The Labute approximate surface area is 177 Å². The summed E-state index contributed by atoms with van der Waals surface area (Å²) >= 11 is 0. The van der Waals surface area contributed by atoms with Crippen LogP contribution < -0.4 is 10.5 Å². The molecule has 3 aromatic rings. The van der Waals surface area contributed by atoms with Crippen molar-refractivity contribution in [3.05, 3.63) is 51.1 Å². The maximum atomic E-state index is 13.3. The van der Waals surface area contributed by atoms with Gasteiger partial charge in [0.2, 0.25) is 5.82 Å². The molecule has 1 saturated carbocycles. The SMILES string of the molecule is CC[NH+](CC)[C@@H](c1cc2c(C)cc(C)cc2[nH]c1=O)c1nnnn1C1CCCCC1. The van der Waals surface area contributed by atoms with Crippen LogP contribution in [0.4, 0.5) is 0 Å². The van der Waals surface area contributed by atoms with Gasteiger partial charge in [-0.05, 0) is 74.2 Å². The van der Waals surface area contributed by atoms with Crippen LogP contribution in [0.1, 0.15) is 80.6 Å². The number of quaternary nitrogens is 1. The lowest BCUT2D eigenvalue weighted by atomic mass is 9.95. The highest BCUT2D eigenvalue weighted by Crippen LogP contribution is 2.30. The van der Waals surface area contributed by atoms with E-state index < -0.39 is 0 Å². The monoisotopic (exact) mass is 409 g/mol. The number of aromatic nitrogens is 5. The Kier molecular flexibility index (Phi) is 5.99. The summed E-state index contributed by atoms with van der Waals surface area (Å²) < 4.78 is 2.01. The van der Waals surface area contributed by atoms with Gasteiger partial charge in [-0.15, -0.1) is 5.10 Å². The van der Waals surface area contributed by atoms with E-state index in [0.29, 0.717) is 6.04 Å². The molecule has 1 aromatic carbocycles. The molecule has 0 unspecified atom stereocenters. The summed E-state index contributed by atoms with van der Waals surface area (Å²) in [5.74, 6) is 0.815. The molecule has 2 N–H and O–H groups in total. The van der Waals surface area contributed by atoms with E-state index in [1.165, 1.54) is 29.7 Å². The van der Waals surface area contributed by atoms with Crippen LogP contribution in [-0.2, 0) is 0 Å². The zero-order valence-corrected chi connectivity index (χ0v) is 18.5. The van der Waals surface area contributed by atoms with Gasteiger partial charge in [0.1, 0.15) is 0 Å². The molecule has 0 bridgehead atoms. The van der Waals surface area contributed by atoms with E-state index in [0.717, 1.165) is 53.8 Å². The second-order valence-electron chi connectivity index (χ2n) is 8.67. The molecule has 0 saturated heterocycles. The number of hydrogen-bond acceptors (Lipinski definition) is 4. The number of nitrogens with zero attached hydrogens (tertiary/aromatic N) is 4. The van der Waals surface area contributed by atoms with Crippen molar-refractivity contribution in [2.45, 2.75) is 71.9 Å². The van der Waals surface area contributed by atoms with Gasteiger partial charge >= 0.3 is 0 Å². The lowest BCUT2D eigenvalue weighted by Crippen LogP contribution is -3.12. The summed E-state index contributed by atoms with van der Waals surface area (Å²) in [6, 6.07) is 6.41. The average Bonchev–Trinajstić information content (AvgIpc) is 3.22. The van der Waals surface area contributed by atoms with Crippen molar-refractivity contribution in [1.29, 1.82) is 0 Å². The summed E-state index contributed by atoms with van der Waals surface area (Å²) in [6.07, 6.45) is 5.90. The van der Waals surface area contributed by atoms with Crippen LogP contribution in [0.25, 0.3) is 10.9 Å². The van der Waals surface area contributed by atoms with Crippen molar-refractivity contribution in [1.82, 2.24) is 25.2 Å². The molecule has 1 fully saturated rings. The lowest BCUT2D eigenvalue weighted by Gasteiger charge is -2.28. The fourth-order valence-electron chi connectivity index (χ4n) is 5.08. The first kappa shape index (κ1) is 20.7. The number of rotatable bonds is 6. The molecule has 2 aromatic heterocycles. The molecule has 1 aliphatic rings. The Morgan fingerprint density at radius 3 is 2.57 bits per heavy atom. The minimum atomic E-state index is -0.189. The lowest BCUT2D eigenvalue weighted by molar-refractivity contribution is -0.923. The van der Waals surface area contributed by atoms with Crippen LogP contribution in [0.3, 0.4) is 0 Å². The maximum Gasteiger partial charge on any atom is 0.258 e. The number of benzene rings is 1. The molecule has 0 radical (unpaired) electrons. The molecule has 7 nitrogen and oxygen atoms in total. The summed E-state index contributed by atoms with van der Waals surface area (Å²) in [6.45, 7) is 10.3. The van der Waals surface area contributed by atoms with E-state index >= 15 is 0 Å².